The molecule has 0 atom stereocenters. The van der Waals surface area contributed by atoms with Crippen molar-refractivity contribution in [3.63, 3.8) is 0 Å². The molecule has 44 heavy (non-hydrogen) atoms. The van der Waals surface area contributed by atoms with Crippen molar-refractivity contribution in [2.24, 2.45) is 0 Å². The monoisotopic (exact) mass is 916 g/mol. The quantitative estimate of drug-likeness (QED) is 0.208. The van der Waals surface area contributed by atoms with Crippen LogP contribution in [-0.4, -0.2) is 52.3 Å². The zero-order valence-electron chi connectivity index (χ0n) is 31.9. The van der Waals surface area contributed by atoms with Gasteiger partial charge in [0.2, 0.25) is 0 Å². The van der Waals surface area contributed by atoms with Gasteiger partial charge < -0.3 is 0 Å². The molecule has 0 spiro atoms. The van der Waals surface area contributed by atoms with Crippen LogP contribution in [0.1, 0.15) is 74.9 Å². The summed E-state index contributed by atoms with van der Waals surface area (Å²) in [5, 5.41) is 0. The van der Waals surface area contributed by atoms with Crippen molar-refractivity contribution in [2.75, 3.05) is 0 Å². The van der Waals surface area contributed by atoms with Crippen LogP contribution in [0.15, 0.2) is 24.3 Å². The fraction of sp³-hybridized carbons (Fsp3) is 0.667. The summed E-state index contributed by atoms with van der Waals surface area (Å²) in [7, 11) is -9.08. The van der Waals surface area contributed by atoms with Crippen LogP contribution in [0.5, 0.6) is 0 Å². The SMILES string of the molecule is CC(C)(C)c1cc(C[Si](C)(C)C)[c](/[Ge]([Br])=[Ge](\[Br])[c]2c(C[Si](C)(C)C)cc(C(C)(C)C)cc2C[Si](C)(C)C)c(C[Si](C)(C)C)c1. The van der Waals surface area contributed by atoms with Crippen molar-refractivity contribution < 1.29 is 0 Å². The summed E-state index contributed by atoms with van der Waals surface area (Å²) in [4.78, 5) is 0. The topological polar surface area (TPSA) is 0 Å². The van der Waals surface area contributed by atoms with Gasteiger partial charge in [-0.2, -0.15) is 0 Å². The van der Waals surface area contributed by atoms with Gasteiger partial charge >= 0.3 is 302 Å². The molecule has 0 radical (unpaired) electrons. The first kappa shape index (κ1) is 41.5. The van der Waals surface area contributed by atoms with Crippen LogP contribution in [0.3, 0.4) is 0 Å². The predicted octanol–water partition coefficient (Wildman–Crippen LogP) is 10.9. The Morgan fingerprint density at radius 1 is 0.432 bits per heavy atom. The average Bonchev–Trinajstić information content (AvgIpc) is 2.72. The summed E-state index contributed by atoms with van der Waals surface area (Å²) >= 11 is 9.43. The zero-order valence-corrected chi connectivity index (χ0v) is 43.3. The maximum absolute atomic E-state index is 4.71. The summed E-state index contributed by atoms with van der Waals surface area (Å²) in [5.41, 5.74) is 10.3. The Bertz CT molecular complexity index is 1190. The van der Waals surface area contributed by atoms with Gasteiger partial charge in [0, 0.05) is 0 Å². The number of hydrogen-bond donors (Lipinski definition) is 0. The molecule has 248 valence electrons. The number of hydrogen-bond acceptors (Lipinski definition) is 0. The van der Waals surface area contributed by atoms with Gasteiger partial charge in [-0.15, -0.1) is 0 Å². The molecule has 0 aliphatic rings. The van der Waals surface area contributed by atoms with Crippen molar-refractivity contribution >= 4 is 89.1 Å². The molecule has 0 saturated carbocycles. The summed E-state index contributed by atoms with van der Waals surface area (Å²) in [6.45, 7) is 45.3. The van der Waals surface area contributed by atoms with Crippen LogP contribution in [-0.2, 0) is 35.0 Å². The van der Waals surface area contributed by atoms with E-state index in [1.54, 1.807) is 33.4 Å². The number of halogens is 2. The number of rotatable bonds is 10. The normalized spacial score (nSPS) is 14.6. The van der Waals surface area contributed by atoms with E-state index in [1.165, 1.54) is 24.2 Å². The van der Waals surface area contributed by atoms with Crippen molar-refractivity contribution in [1.29, 1.82) is 0 Å². The molecule has 8 heteroatoms. The molecular weight excluding hydrogens is 850 g/mol. The summed E-state index contributed by atoms with van der Waals surface area (Å²) in [6, 6.07) is 15.8. The molecule has 0 fully saturated rings. The van der Waals surface area contributed by atoms with E-state index in [0.717, 1.165) is 0 Å². The second kappa shape index (κ2) is 14.7. The van der Waals surface area contributed by atoms with Gasteiger partial charge in [-0.05, 0) is 0 Å². The summed E-state index contributed by atoms with van der Waals surface area (Å²) in [5.74, 6) is 0. The van der Waals surface area contributed by atoms with Crippen LogP contribution < -0.4 is 8.79 Å². The van der Waals surface area contributed by atoms with Crippen LogP contribution in [0.2, 0.25) is 78.6 Å². The van der Waals surface area contributed by atoms with E-state index < -0.39 is 52.3 Å². The van der Waals surface area contributed by atoms with E-state index in [-0.39, 0.29) is 10.8 Å². The first-order valence-corrected chi connectivity index (χ1v) is 50.0. The van der Waals surface area contributed by atoms with E-state index in [2.05, 4.69) is 144 Å². The van der Waals surface area contributed by atoms with Gasteiger partial charge in [0.05, 0.1) is 0 Å². The van der Waals surface area contributed by atoms with Gasteiger partial charge in [-0.3, -0.25) is 0 Å². The molecule has 0 nitrogen and oxygen atoms in total. The Morgan fingerprint density at radius 2 is 0.614 bits per heavy atom. The molecule has 0 bridgehead atoms. The van der Waals surface area contributed by atoms with E-state index in [1.807, 2.05) is 8.79 Å². The Labute approximate surface area is 299 Å². The van der Waals surface area contributed by atoms with E-state index >= 15 is 0 Å². The molecular formula is C36H66Br2Ge2Si4. The minimum atomic E-state index is -1.87. The predicted molar refractivity (Wildman–Crippen MR) is 227 cm³/mol. The molecule has 0 N–H and O–H groups in total. The third-order valence-electron chi connectivity index (χ3n) is 7.85. The van der Waals surface area contributed by atoms with Crippen LogP contribution in [0.25, 0.3) is 0 Å². The zero-order chi connectivity index (χ0) is 34.4. The Balaban J connectivity index is 3.18. The third kappa shape index (κ3) is 13.0. The fourth-order valence-corrected chi connectivity index (χ4v) is 45.6. The minimum absolute atomic E-state index is 0.165. The number of benzene rings is 2. The molecule has 0 aliphatic carbocycles. The van der Waals surface area contributed by atoms with Gasteiger partial charge in [-0.25, -0.2) is 0 Å². The first-order valence-electron chi connectivity index (χ1n) is 16.8. The Kier molecular flexibility index (Phi) is 13.9. The molecule has 0 aromatic heterocycles. The molecule has 0 unspecified atom stereocenters. The second-order valence-electron chi connectivity index (χ2n) is 20.4. The Morgan fingerprint density at radius 3 is 0.750 bits per heavy atom. The maximum atomic E-state index is 4.71. The van der Waals surface area contributed by atoms with Gasteiger partial charge in [0.25, 0.3) is 0 Å². The van der Waals surface area contributed by atoms with Crippen LogP contribution in [0.4, 0.5) is 0 Å². The van der Waals surface area contributed by atoms with Crippen molar-refractivity contribution in [3.05, 3.63) is 57.6 Å². The standard InChI is InChI=1S/C36H66Br2Ge2Si4/c1-35(2,3)31-19-27(23-41(7,8)9)33(28(20-31)24-42(10,11)12)39(37)40(38)34-29(25-43(13,14)15)21-32(36(4,5)6)22-30(34)26-44(16,17)18/h19-22H,23-26H2,1-18H3/b40-39+. The molecule has 2 aromatic carbocycles. The first-order chi connectivity index (χ1) is 19.4. The average molecular weight is 916 g/mol. The van der Waals surface area contributed by atoms with E-state index in [9.17, 15) is 0 Å². The molecule has 0 aliphatic heterocycles. The van der Waals surface area contributed by atoms with Crippen molar-refractivity contribution in [3.8, 4) is 0 Å². The van der Waals surface area contributed by atoms with Crippen molar-refractivity contribution in [2.45, 2.75) is 155 Å². The fourth-order valence-electron chi connectivity index (χ4n) is 6.03. The Hall–Kier alpha value is 1.35. The van der Waals surface area contributed by atoms with Gasteiger partial charge in [0.15, 0.2) is 0 Å². The summed E-state index contributed by atoms with van der Waals surface area (Å²) in [6.07, 6.45) is 0. The molecule has 2 rings (SSSR count). The van der Waals surface area contributed by atoms with Crippen molar-refractivity contribution in [1.82, 2.24) is 0 Å². The van der Waals surface area contributed by atoms with E-state index in [0.29, 0.717) is 0 Å². The van der Waals surface area contributed by atoms with Gasteiger partial charge in [0.1, 0.15) is 0 Å². The van der Waals surface area contributed by atoms with Crippen LogP contribution in [0, 0.1) is 0 Å². The molecule has 0 amide bonds. The molecule has 0 saturated heterocycles. The van der Waals surface area contributed by atoms with E-state index in [4.69, 9.17) is 28.0 Å². The second-order valence-corrected chi connectivity index (χ2v) is 82.2. The van der Waals surface area contributed by atoms with Crippen LogP contribution >= 0.6 is 28.0 Å². The third-order valence-corrected chi connectivity index (χ3v) is 68.5. The molecule has 0 heterocycles. The van der Waals surface area contributed by atoms with Gasteiger partial charge in [-0.1, -0.05) is 0 Å². The molecule has 2 aromatic rings. The summed E-state index contributed by atoms with van der Waals surface area (Å²) < 4.78 is 3.65.